The van der Waals surface area contributed by atoms with Crippen molar-refractivity contribution in [3.05, 3.63) is 0 Å². The van der Waals surface area contributed by atoms with E-state index in [4.69, 9.17) is 5.41 Å². The van der Waals surface area contributed by atoms with Gasteiger partial charge in [0.2, 0.25) is 5.91 Å². The van der Waals surface area contributed by atoms with Crippen molar-refractivity contribution < 1.29 is 14.4 Å². The van der Waals surface area contributed by atoms with Crippen molar-refractivity contribution in [2.24, 2.45) is 11.3 Å². The molecule has 3 fully saturated rings. The molecular weight excluding hydrogens is 226 g/mol. The first kappa shape index (κ1) is 10.1. The van der Waals surface area contributed by atoms with Gasteiger partial charge in [-0.1, -0.05) is 0 Å². The van der Waals surface area contributed by atoms with Gasteiger partial charge < -0.3 is 10.6 Å². The fourth-order valence-corrected chi connectivity index (χ4v) is 2.91. The fraction of sp³-hybridized carbons (Fsp3) is 0.556. The van der Waals surface area contributed by atoms with Crippen molar-refractivity contribution in [1.29, 1.82) is 5.41 Å². The summed E-state index contributed by atoms with van der Waals surface area (Å²) in [6, 6.07) is -1.94. The zero-order chi connectivity index (χ0) is 12.4. The number of nitrogens with one attached hydrogen (secondary N) is 5. The number of carbonyl (C=O) groups excluding carboxylic acids is 3. The van der Waals surface area contributed by atoms with Crippen LogP contribution in [0.3, 0.4) is 0 Å². The van der Waals surface area contributed by atoms with Gasteiger partial charge in [0.1, 0.15) is 5.84 Å². The zero-order valence-electron chi connectivity index (χ0n) is 8.96. The molecule has 0 aromatic carbocycles. The summed E-state index contributed by atoms with van der Waals surface area (Å²) >= 11 is 0. The predicted octanol–water partition coefficient (Wildman–Crippen LogP) is -1.51. The van der Waals surface area contributed by atoms with Crippen molar-refractivity contribution in [2.75, 3.05) is 0 Å². The van der Waals surface area contributed by atoms with Crippen molar-refractivity contribution >= 4 is 23.8 Å². The monoisotopic (exact) mass is 237 g/mol. The van der Waals surface area contributed by atoms with E-state index in [1.165, 1.54) is 0 Å². The molecule has 3 rings (SSSR count). The highest BCUT2D eigenvalue weighted by Crippen LogP contribution is 2.48. The largest absolute Gasteiger partial charge is 0.333 e. The molecular formula is C9H11N5O3. The third-order valence-corrected chi connectivity index (χ3v) is 3.88. The van der Waals surface area contributed by atoms with E-state index in [0.29, 0.717) is 0 Å². The molecule has 3 aliphatic rings. The van der Waals surface area contributed by atoms with Crippen LogP contribution in [0.1, 0.15) is 6.92 Å². The zero-order valence-corrected chi connectivity index (χ0v) is 8.96. The Bertz CT molecular complexity index is 455. The molecule has 1 aliphatic carbocycles. The van der Waals surface area contributed by atoms with Crippen LogP contribution in [0.4, 0.5) is 9.59 Å². The number of fused-ring (bicyclic) bond motifs is 4. The van der Waals surface area contributed by atoms with Gasteiger partial charge in [-0.15, -0.1) is 0 Å². The maximum Gasteiger partial charge on any atom is 0.321 e. The van der Waals surface area contributed by atoms with Crippen LogP contribution < -0.4 is 21.3 Å². The second-order valence-corrected chi connectivity index (χ2v) is 4.70. The summed E-state index contributed by atoms with van der Waals surface area (Å²) in [5.74, 6) is -0.744. The quantitative estimate of drug-likeness (QED) is 0.352. The molecule has 2 aliphatic heterocycles. The van der Waals surface area contributed by atoms with Gasteiger partial charge in [-0.2, -0.15) is 0 Å². The van der Waals surface area contributed by atoms with E-state index in [0.717, 1.165) is 0 Å². The first-order valence-corrected chi connectivity index (χ1v) is 5.22. The molecule has 0 spiro atoms. The van der Waals surface area contributed by atoms with E-state index < -0.39 is 35.5 Å². The first-order chi connectivity index (χ1) is 7.94. The van der Waals surface area contributed by atoms with Crippen molar-refractivity contribution in [1.82, 2.24) is 21.3 Å². The number of imide groups is 1. The molecule has 2 heterocycles. The van der Waals surface area contributed by atoms with E-state index in [9.17, 15) is 14.4 Å². The maximum atomic E-state index is 11.8. The van der Waals surface area contributed by atoms with Crippen LogP contribution in [0.2, 0.25) is 0 Å². The Morgan fingerprint density at radius 3 is 2.18 bits per heavy atom. The maximum absolute atomic E-state index is 11.8. The summed E-state index contributed by atoms with van der Waals surface area (Å²) < 4.78 is 0. The molecule has 17 heavy (non-hydrogen) atoms. The Hall–Kier alpha value is -2.12. The van der Waals surface area contributed by atoms with Crippen LogP contribution in [0.5, 0.6) is 0 Å². The molecule has 8 heteroatoms. The summed E-state index contributed by atoms with van der Waals surface area (Å²) in [5.41, 5.74) is -0.886. The highest BCUT2D eigenvalue weighted by Gasteiger charge is 2.69. The molecule has 8 nitrogen and oxygen atoms in total. The lowest BCUT2D eigenvalue weighted by atomic mass is 9.52. The fourth-order valence-electron chi connectivity index (χ4n) is 2.91. The summed E-state index contributed by atoms with van der Waals surface area (Å²) in [7, 11) is 0. The van der Waals surface area contributed by atoms with Gasteiger partial charge in [0.25, 0.3) is 0 Å². The van der Waals surface area contributed by atoms with Crippen molar-refractivity contribution in [2.45, 2.75) is 19.0 Å². The number of rotatable bonds is 0. The smallest absolute Gasteiger partial charge is 0.321 e. The molecule has 0 bridgehead atoms. The van der Waals surface area contributed by atoms with Crippen LogP contribution in [0.25, 0.3) is 0 Å². The standard InChI is InChI=1S/C9H11N5O3/c1-9-3-2(5(10)13-7(16)11-3)4(9)12-8(17)14-6(9)15/h2-4H,1H3,(H3,10,11,13,16)(H2,12,14,15,17). The van der Waals surface area contributed by atoms with Crippen molar-refractivity contribution in [3.63, 3.8) is 0 Å². The van der Waals surface area contributed by atoms with Gasteiger partial charge >= 0.3 is 12.1 Å². The lowest BCUT2D eigenvalue weighted by Crippen LogP contribution is -2.86. The van der Waals surface area contributed by atoms with Gasteiger partial charge in [0.05, 0.1) is 23.4 Å². The molecule has 4 unspecified atom stereocenters. The molecule has 0 aromatic rings. The molecule has 90 valence electrons. The average molecular weight is 237 g/mol. The van der Waals surface area contributed by atoms with Gasteiger partial charge in [0.15, 0.2) is 0 Å². The Morgan fingerprint density at radius 1 is 1.06 bits per heavy atom. The van der Waals surface area contributed by atoms with E-state index in [-0.39, 0.29) is 11.8 Å². The number of amides is 5. The lowest BCUT2D eigenvalue weighted by molar-refractivity contribution is -0.144. The van der Waals surface area contributed by atoms with E-state index in [2.05, 4.69) is 21.3 Å². The third-order valence-electron chi connectivity index (χ3n) is 3.88. The topological polar surface area (TPSA) is 123 Å². The van der Waals surface area contributed by atoms with Crippen LogP contribution in [0, 0.1) is 16.7 Å². The molecule has 0 radical (unpaired) electrons. The summed E-state index contributed by atoms with van der Waals surface area (Å²) in [4.78, 5) is 34.3. The predicted molar refractivity (Wildman–Crippen MR) is 55.2 cm³/mol. The SMILES string of the molecule is CC12C(=O)NC(=O)NC1C1C(=N)NC(=O)NC12. The number of hydrogen-bond donors (Lipinski definition) is 5. The number of hydrogen-bond acceptors (Lipinski definition) is 4. The summed E-state index contributed by atoms with van der Waals surface area (Å²) in [5, 5.41) is 17.5. The summed E-state index contributed by atoms with van der Waals surface area (Å²) in [6.07, 6.45) is 0. The molecule has 1 saturated carbocycles. The lowest BCUT2D eigenvalue weighted by Gasteiger charge is -2.61. The normalized spacial score (nSPS) is 43.2. The van der Waals surface area contributed by atoms with E-state index in [1.54, 1.807) is 6.92 Å². The Balaban J connectivity index is 1.98. The minimum atomic E-state index is -0.886. The van der Waals surface area contributed by atoms with Crippen LogP contribution in [0.15, 0.2) is 0 Å². The Labute approximate surface area is 96.0 Å². The highest BCUT2D eigenvalue weighted by atomic mass is 16.2. The molecule has 0 aromatic heterocycles. The number of amidine groups is 1. The van der Waals surface area contributed by atoms with Gasteiger partial charge in [-0.3, -0.25) is 20.8 Å². The summed E-state index contributed by atoms with van der Waals surface area (Å²) in [6.45, 7) is 1.67. The number of urea groups is 2. The van der Waals surface area contributed by atoms with Gasteiger partial charge in [-0.25, -0.2) is 9.59 Å². The second kappa shape index (κ2) is 2.76. The van der Waals surface area contributed by atoms with Crippen LogP contribution in [-0.4, -0.2) is 35.9 Å². The second-order valence-electron chi connectivity index (χ2n) is 4.70. The van der Waals surface area contributed by atoms with E-state index in [1.807, 2.05) is 0 Å². The average Bonchev–Trinajstić information content (AvgIpc) is 2.23. The highest BCUT2D eigenvalue weighted by molar-refractivity contribution is 6.08. The molecule has 5 amide bonds. The van der Waals surface area contributed by atoms with Crippen LogP contribution >= 0.6 is 0 Å². The minimum absolute atomic E-state index is 0.0382. The van der Waals surface area contributed by atoms with Crippen molar-refractivity contribution in [3.8, 4) is 0 Å². The third kappa shape index (κ3) is 1.02. The Kier molecular flexibility index (Phi) is 1.63. The molecule has 4 atom stereocenters. The minimum Gasteiger partial charge on any atom is -0.333 e. The van der Waals surface area contributed by atoms with E-state index >= 15 is 0 Å². The van der Waals surface area contributed by atoms with Gasteiger partial charge in [0, 0.05) is 0 Å². The first-order valence-electron chi connectivity index (χ1n) is 5.22. The van der Waals surface area contributed by atoms with Crippen LogP contribution in [-0.2, 0) is 4.79 Å². The Morgan fingerprint density at radius 2 is 1.59 bits per heavy atom. The van der Waals surface area contributed by atoms with Gasteiger partial charge in [-0.05, 0) is 6.92 Å². The number of carbonyl (C=O) groups is 3. The molecule has 5 N–H and O–H groups in total. The molecule has 2 saturated heterocycles.